The third-order valence-corrected chi connectivity index (χ3v) is 4.22. The van der Waals surface area contributed by atoms with Crippen molar-refractivity contribution in [2.75, 3.05) is 11.9 Å². The molecule has 1 amide bonds. The lowest BCUT2D eigenvalue weighted by Gasteiger charge is -2.11. The molecule has 0 fully saturated rings. The highest BCUT2D eigenvalue weighted by molar-refractivity contribution is 5.97. The molecule has 3 rings (SSSR count). The van der Waals surface area contributed by atoms with Crippen LogP contribution in [-0.2, 0) is 14.3 Å². The minimum atomic E-state index is -0.560. The first kappa shape index (κ1) is 19.1. The molecule has 4 nitrogen and oxygen atoms in total. The molecule has 3 aromatic carbocycles. The van der Waals surface area contributed by atoms with E-state index in [0.29, 0.717) is 5.69 Å². The van der Waals surface area contributed by atoms with E-state index in [1.165, 1.54) is 6.08 Å². The van der Waals surface area contributed by atoms with Gasteiger partial charge >= 0.3 is 5.97 Å². The van der Waals surface area contributed by atoms with E-state index in [1.54, 1.807) is 6.08 Å². The minimum absolute atomic E-state index is 0.347. The zero-order valence-corrected chi connectivity index (χ0v) is 15.6. The molecule has 0 saturated carbocycles. The maximum absolute atomic E-state index is 12.2. The number of hydrogen-bond donors (Lipinski definition) is 1. The molecule has 0 saturated heterocycles. The third kappa shape index (κ3) is 5.17. The van der Waals surface area contributed by atoms with E-state index in [-0.39, 0.29) is 12.5 Å². The Morgan fingerprint density at radius 1 is 0.893 bits per heavy atom. The minimum Gasteiger partial charge on any atom is -0.452 e. The van der Waals surface area contributed by atoms with Crippen molar-refractivity contribution in [3.05, 3.63) is 96.1 Å². The maximum Gasteiger partial charge on any atom is 0.331 e. The molecule has 3 aromatic rings. The second kappa shape index (κ2) is 9.33. The van der Waals surface area contributed by atoms with Gasteiger partial charge in [-0.25, -0.2) is 4.79 Å². The molecule has 0 heterocycles. The standard InChI is InChI=1S/C24H21NO3/c1-18-9-5-6-10-19(18)15-16-24(27)28-17-23(26)25-22-14-8-7-13-21(22)20-11-3-2-4-12-20/h2-16H,17H2,1H3,(H,25,26)/b16-15+. The van der Waals surface area contributed by atoms with Gasteiger partial charge in [-0.1, -0.05) is 72.8 Å². The Balaban J connectivity index is 1.58. The summed E-state index contributed by atoms with van der Waals surface area (Å²) in [6.45, 7) is 1.61. The molecule has 0 aliphatic rings. The lowest BCUT2D eigenvalue weighted by atomic mass is 10.0. The number of nitrogens with one attached hydrogen (secondary N) is 1. The van der Waals surface area contributed by atoms with Crippen LogP contribution in [0.5, 0.6) is 0 Å². The van der Waals surface area contributed by atoms with Crippen LogP contribution < -0.4 is 5.32 Å². The van der Waals surface area contributed by atoms with Gasteiger partial charge < -0.3 is 10.1 Å². The van der Waals surface area contributed by atoms with E-state index in [4.69, 9.17) is 4.74 Å². The summed E-state index contributed by atoms with van der Waals surface area (Å²) in [5.74, 6) is -0.948. The van der Waals surface area contributed by atoms with Crippen molar-refractivity contribution < 1.29 is 14.3 Å². The average molecular weight is 371 g/mol. The first-order valence-corrected chi connectivity index (χ1v) is 8.98. The summed E-state index contributed by atoms with van der Waals surface area (Å²) >= 11 is 0. The van der Waals surface area contributed by atoms with Gasteiger partial charge in [0.25, 0.3) is 5.91 Å². The van der Waals surface area contributed by atoms with Crippen LogP contribution in [0.25, 0.3) is 17.2 Å². The van der Waals surface area contributed by atoms with Crippen LogP contribution in [0.4, 0.5) is 5.69 Å². The lowest BCUT2D eigenvalue weighted by Crippen LogP contribution is -2.20. The van der Waals surface area contributed by atoms with Crippen LogP contribution in [0, 0.1) is 6.92 Å². The molecule has 0 aromatic heterocycles. The highest BCUT2D eigenvalue weighted by atomic mass is 16.5. The van der Waals surface area contributed by atoms with Crippen LogP contribution in [0.2, 0.25) is 0 Å². The van der Waals surface area contributed by atoms with E-state index in [2.05, 4.69) is 5.32 Å². The molecular weight excluding hydrogens is 350 g/mol. The van der Waals surface area contributed by atoms with Crippen LogP contribution in [0.3, 0.4) is 0 Å². The highest BCUT2D eigenvalue weighted by Crippen LogP contribution is 2.27. The summed E-state index contributed by atoms with van der Waals surface area (Å²) in [6, 6.07) is 25.0. The van der Waals surface area contributed by atoms with Crippen molar-refractivity contribution in [1.82, 2.24) is 0 Å². The predicted molar refractivity (Wildman–Crippen MR) is 112 cm³/mol. The second-order valence-corrected chi connectivity index (χ2v) is 6.26. The molecule has 0 spiro atoms. The number of benzene rings is 3. The lowest BCUT2D eigenvalue weighted by molar-refractivity contribution is -0.142. The average Bonchev–Trinajstić information content (AvgIpc) is 2.73. The smallest absolute Gasteiger partial charge is 0.331 e. The van der Waals surface area contributed by atoms with Crippen molar-refractivity contribution in [3.8, 4) is 11.1 Å². The van der Waals surface area contributed by atoms with Crippen LogP contribution >= 0.6 is 0 Å². The largest absolute Gasteiger partial charge is 0.452 e. The van der Waals surface area contributed by atoms with Crippen molar-refractivity contribution in [3.63, 3.8) is 0 Å². The molecule has 0 unspecified atom stereocenters. The molecule has 0 bridgehead atoms. The van der Waals surface area contributed by atoms with Gasteiger partial charge in [0, 0.05) is 17.3 Å². The van der Waals surface area contributed by atoms with Crippen LogP contribution in [0.1, 0.15) is 11.1 Å². The van der Waals surface area contributed by atoms with Crippen LogP contribution in [-0.4, -0.2) is 18.5 Å². The van der Waals surface area contributed by atoms with E-state index in [9.17, 15) is 9.59 Å². The number of anilines is 1. The third-order valence-electron chi connectivity index (χ3n) is 4.22. The number of esters is 1. The number of rotatable bonds is 6. The maximum atomic E-state index is 12.2. The van der Waals surface area contributed by atoms with Crippen molar-refractivity contribution in [1.29, 1.82) is 0 Å². The number of aryl methyl sites for hydroxylation is 1. The summed E-state index contributed by atoms with van der Waals surface area (Å²) < 4.78 is 5.05. The van der Waals surface area contributed by atoms with Crippen molar-refractivity contribution in [2.24, 2.45) is 0 Å². The fourth-order valence-electron chi connectivity index (χ4n) is 2.76. The van der Waals surface area contributed by atoms with Crippen molar-refractivity contribution >= 4 is 23.6 Å². The number of carbonyl (C=O) groups is 2. The molecule has 28 heavy (non-hydrogen) atoms. The fourth-order valence-corrected chi connectivity index (χ4v) is 2.76. The summed E-state index contributed by atoms with van der Waals surface area (Å²) in [5.41, 5.74) is 4.56. The van der Waals surface area contributed by atoms with E-state index in [0.717, 1.165) is 22.3 Å². The normalized spacial score (nSPS) is 10.6. The molecular formula is C24H21NO3. The number of ether oxygens (including phenoxy) is 1. The zero-order valence-electron chi connectivity index (χ0n) is 15.6. The van der Waals surface area contributed by atoms with Crippen LogP contribution in [0.15, 0.2) is 84.9 Å². The predicted octanol–water partition coefficient (Wildman–Crippen LogP) is 4.86. The van der Waals surface area contributed by atoms with Gasteiger partial charge in [-0.3, -0.25) is 4.79 Å². The Morgan fingerprint density at radius 2 is 1.57 bits per heavy atom. The molecule has 0 aliphatic carbocycles. The number of carbonyl (C=O) groups excluding carboxylic acids is 2. The quantitative estimate of drug-likeness (QED) is 0.497. The molecule has 140 valence electrons. The Kier molecular flexibility index (Phi) is 6.37. The monoisotopic (exact) mass is 371 g/mol. The zero-order chi connectivity index (χ0) is 19.8. The second-order valence-electron chi connectivity index (χ2n) is 6.26. The topological polar surface area (TPSA) is 55.4 Å². The first-order chi connectivity index (χ1) is 13.6. The first-order valence-electron chi connectivity index (χ1n) is 8.98. The Bertz CT molecular complexity index is 993. The van der Waals surface area contributed by atoms with Gasteiger partial charge in [-0.2, -0.15) is 0 Å². The van der Waals surface area contributed by atoms with Gasteiger partial charge in [-0.15, -0.1) is 0 Å². The molecule has 4 heteroatoms. The number of hydrogen-bond acceptors (Lipinski definition) is 3. The fraction of sp³-hybridized carbons (Fsp3) is 0.0833. The molecule has 0 atom stereocenters. The Labute approximate surface area is 164 Å². The summed E-state index contributed by atoms with van der Waals surface area (Å²) in [4.78, 5) is 24.1. The van der Waals surface area contributed by atoms with E-state index in [1.807, 2.05) is 85.8 Å². The number of amides is 1. The van der Waals surface area contributed by atoms with Gasteiger partial charge in [0.2, 0.25) is 0 Å². The Morgan fingerprint density at radius 3 is 2.36 bits per heavy atom. The number of para-hydroxylation sites is 1. The van der Waals surface area contributed by atoms with Gasteiger partial charge in [0.05, 0.1) is 0 Å². The summed E-state index contributed by atoms with van der Waals surface area (Å²) in [6.07, 6.45) is 3.01. The summed E-state index contributed by atoms with van der Waals surface area (Å²) in [5, 5.41) is 2.81. The van der Waals surface area contributed by atoms with Gasteiger partial charge in [0.15, 0.2) is 6.61 Å². The van der Waals surface area contributed by atoms with Gasteiger partial charge in [-0.05, 0) is 35.8 Å². The van der Waals surface area contributed by atoms with E-state index < -0.39 is 5.97 Å². The molecule has 1 N–H and O–H groups in total. The van der Waals surface area contributed by atoms with Gasteiger partial charge in [0.1, 0.15) is 0 Å². The van der Waals surface area contributed by atoms with Crippen molar-refractivity contribution in [2.45, 2.75) is 6.92 Å². The SMILES string of the molecule is Cc1ccccc1/C=C/C(=O)OCC(=O)Nc1ccccc1-c1ccccc1. The van der Waals surface area contributed by atoms with E-state index >= 15 is 0 Å². The highest BCUT2D eigenvalue weighted by Gasteiger charge is 2.09. The molecule has 0 radical (unpaired) electrons. The summed E-state index contributed by atoms with van der Waals surface area (Å²) in [7, 11) is 0. The molecule has 0 aliphatic heterocycles. The Hall–Kier alpha value is -3.66.